The molecular formula is C23H29F2N3O2. The summed E-state index contributed by atoms with van der Waals surface area (Å²) in [5, 5.41) is 3.75. The largest absolute Gasteiger partial charge is 0.444 e. The number of benzene rings is 1. The molecule has 0 radical (unpaired) electrons. The first-order valence-electron chi connectivity index (χ1n) is 10.6. The number of aromatic nitrogens is 1. The summed E-state index contributed by atoms with van der Waals surface area (Å²) in [6, 6.07) is 6.82. The Hall–Kier alpha value is -2.44. The van der Waals surface area contributed by atoms with Gasteiger partial charge in [-0.05, 0) is 76.1 Å². The number of hydrogen-bond acceptors (Lipinski definition) is 4. The van der Waals surface area contributed by atoms with Crippen molar-refractivity contribution in [3.63, 3.8) is 0 Å². The van der Waals surface area contributed by atoms with Gasteiger partial charge >= 0.3 is 6.09 Å². The number of fused-ring (bicyclic) bond motifs is 1. The second kappa shape index (κ2) is 8.00. The maximum Gasteiger partial charge on any atom is 0.407 e. The summed E-state index contributed by atoms with van der Waals surface area (Å²) in [7, 11) is 0. The van der Waals surface area contributed by atoms with Crippen molar-refractivity contribution < 1.29 is 18.3 Å². The molecule has 2 aliphatic rings. The molecule has 2 aromatic rings. The van der Waals surface area contributed by atoms with Crippen LogP contribution in [0.25, 0.3) is 10.9 Å². The van der Waals surface area contributed by atoms with Crippen LogP contribution in [0.1, 0.15) is 52.0 Å². The molecule has 1 N–H and O–H groups in total. The lowest BCUT2D eigenvalue weighted by Gasteiger charge is -2.40. The molecule has 0 bridgehead atoms. The van der Waals surface area contributed by atoms with Crippen LogP contribution >= 0.6 is 0 Å². The maximum absolute atomic E-state index is 13.5. The van der Waals surface area contributed by atoms with Crippen molar-refractivity contribution in [2.45, 2.75) is 58.1 Å². The van der Waals surface area contributed by atoms with Gasteiger partial charge in [0, 0.05) is 35.9 Å². The first-order chi connectivity index (χ1) is 14.2. The molecule has 162 valence electrons. The minimum Gasteiger partial charge on any atom is -0.444 e. The van der Waals surface area contributed by atoms with Crippen LogP contribution in [-0.2, 0) is 4.74 Å². The summed E-state index contributed by atoms with van der Waals surface area (Å²) in [6.45, 7) is 7.00. The van der Waals surface area contributed by atoms with Gasteiger partial charge in [-0.3, -0.25) is 4.98 Å². The van der Waals surface area contributed by atoms with E-state index in [2.05, 4.69) is 15.2 Å². The van der Waals surface area contributed by atoms with Gasteiger partial charge in [-0.1, -0.05) is 0 Å². The number of amides is 1. The van der Waals surface area contributed by atoms with Crippen molar-refractivity contribution in [1.82, 2.24) is 10.3 Å². The number of nitrogens with zero attached hydrogens (tertiary/aromatic N) is 2. The Morgan fingerprint density at radius 3 is 2.63 bits per heavy atom. The monoisotopic (exact) mass is 417 g/mol. The molecule has 0 unspecified atom stereocenters. The Morgan fingerprint density at radius 2 is 1.97 bits per heavy atom. The molecule has 2 atom stereocenters. The molecule has 30 heavy (non-hydrogen) atoms. The van der Waals surface area contributed by atoms with Gasteiger partial charge in [0.25, 0.3) is 6.43 Å². The number of ether oxygens (including phenoxy) is 1. The van der Waals surface area contributed by atoms with E-state index in [0.29, 0.717) is 23.9 Å². The third-order valence-corrected chi connectivity index (χ3v) is 5.85. The Morgan fingerprint density at radius 1 is 1.20 bits per heavy atom. The molecule has 4 rings (SSSR count). The van der Waals surface area contributed by atoms with E-state index in [9.17, 15) is 13.6 Å². The SMILES string of the molecule is CC(C)(C)OC(=O)N[C@@H]1C[C@H](C2CC2)CN(c2ccc(C(F)F)c3ncccc23)C1. The molecule has 1 aromatic carbocycles. The second-order valence-electron chi connectivity index (χ2n) is 9.46. The molecule has 1 aliphatic heterocycles. The van der Waals surface area contributed by atoms with E-state index in [1.165, 1.54) is 18.9 Å². The third-order valence-electron chi connectivity index (χ3n) is 5.85. The van der Waals surface area contributed by atoms with Crippen LogP contribution in [-0.4, -0.2) is 35.8 Å². The molecule has 1 amide bonds. The maximum atomic E-state index is 13.5. The summed E-state index contributed by atoms with van der Waals surface area (Å²) in [5.41, 5.74) is 0.633. The molecule has 2 fully saturated rings. The summed E-state index contributed by atoms with van der Waals surface area (Å²) in [4.78, 5) is 18.8. The number of pyridine rings is 1. The highest BCUT2D eigenvalue weighted by Crippen LogP contribution is 2.43. The summed E-state index contributed by atoms with van der Waals surface area (Å²) in [5.74, 6) is 1.13. The number of hydrogen-bond donors (Lipinski definition) is 1. The highest BCUT2D eigenvalue weighted by atomic mass is 19.3. The number of carbonyl (C=O) groups excluding carboxylic acids is 1. The minimum absolute atomic E-state index is 0.0477. The lowest BCUT2D eigenvalue weighted by molar-refractivity contribution is 0.0492. The molecule has 1 aliphatic carbocycles. The predicted octanol–water partition coefficient (Wildman–Crippen LogP) is 5.30. The van der Waals surface area contributed by atoms with Crippen LogP contribution in [0, 0.1) is 11.8 Å². The van der Waals surface area contributed by atoms with E-state index < -0.39 is 18.1 Å². The van der Waals surface area contributed by atoms with Crippen LogP contribution in [0.3, 0.4) is 0 Å². The fraction of sp³-hybridized carbons (Fsp3) is 0.565. The van der Waals surface area contributed by atoms with Gasteiger partial charge in [0.2, 0.25) is 0 Å². The summed E-state index contributed by atoms with van der Waals surface area (Å²) in [6.07, 6.45) is 1.90. The van der Waals surface area contributed by atoms with Crippen molar-refractivity contribution in [2.75, 3.05) is 18.0 Å². The number of piperidine rings is 1. The lowest BCUT2D eigenvalue weighted by atomic mass is 9.89. The Kier molecular flexibility index (Phi) is 5.55. The van der Waals surface area contributed by atoms with E-state index in [1.807, 2.05) is 26.8 Å². The van der Waals surface area contributed by atoms with Gasteiger partial charge in [-0.15, -0.1) is 0 Å². The van der Waals surface area contributed by atoms with Gasteiger partial charge in [0.15, 0.2) is 0 Å². The van der Waals surface area contributed by atoms with Crippen molar-refractivity contribution in [3.05, 3.63) is 36.0 Å². The standard InChI is InChI=1S/C23H29F2N3O2/c1-23(2,3)30-22(29)27-16-11-15(14-6-7-14)12-28(13-16)19-9-8-18(21(24)25)20-17(19)5-4-10-26-20/h4-5,8-10,14-16,21H,6-7,11-13H2,1-3H3,(H,27,29)/t15-,16+/m0/s1. The van der Waals surface area contributed by atoms with Gasteiger partial charge in [-0.25, -0.2) is 13.6 Å². The molecule has 1 saturated carbocycles. The number of halogens is 2. The van der Waals surface area contributed by atoms with Gasteiger partial charge in [0.1, 0.15) is 5.60 Å². The molecule has 2 heterocycles. The predicted molar refractivity (Wildman–Crippen MR) is 113 cm³/mol. The zero-order valence-corrected chi connectivity index (χ0v) is 17.7. The zero-order chi connectivity index (χ0) is 21.5. The third kappa shape index (κ3) is 4.65. The van der Waals surface area contributed by atoms with Crippen LogP contribution in [0.2, 0.25) is 0 Å². The van der Waals surface area contributed by atoms with Crippen molar-refractivity contribution in [3.8, 4) is 0 Å². The normalized spacial score (nSPS) is 22.4. The average molecular weight is 418 g/mol. The van der Waals surface area contributed by atoms with Crippen molar-refractivity contribution >= 4 is 22.7 Å². The molecule has 0 spiro atoms. The Labute approximate surface area is 175 Å². The van der Waals surface area contributed by atoms with Gasteiger partial charge in [-0.2, -0.15) is 0 Å². The minimum atomic E-state index is -2.57. The van der Waals surface area contributed by atoms with Crippen LogP contribution < -0.4 is 10.2 Å². The highest BCUT2D eigenvalue weighted by Gasteiger charge is 2.38. The van der Waals surface area contributed by atoms with E-state index in [1.54, 1.807) is 18.3 Å². The number of nitrogens with one attached hydrogen (secondary N) is 1. The number of carbonyl (C=O) groups is 1. The van der Waals surface area contributed by atoms with E-state index in [-0.39, 0.29) is 11.6 Å². The number of rotatable bonds is 4. The first-order valence-corrected chi connectivity index (χ1v) is 10.6. The number of alkyl carbamates (subject to hydrolysis) is 1. The van der Waals surface area contributed by atoms with E-state index in [4.69, 9.17) is 4.74 Å². The quantitative estimate of drug-likeness (QED) is 0.733. The molecule has 1 saturated heterocycles. The van der Waals surface area contributed by atoms with E-state index >= 15 is 0 Å². The summed E-state index contributed by atoms with van der Waals surface area (Å²) < 4.78 is 32.4. The second-order valence-corrected chi connectivity index (χ2v) is 9.46. The molecule has 7 heteroatoms. The fourth-order valence-electron chi connectivity index (χ4n) is 4.45. The van der Waals surface area contributed by atoms with Crippen molar-refractivity contribution in [1.29, 1.82) is 0 Å². The zero-order valence-electron chi connectivity index (χ0n) is 17.7. The highest BCUT2D eigenvalue weighted by molar-refractivity contribution is 5.94. The average Bonchev–Trinajstić information content (AvgIpc) is 3.50. The van der Waals surface area contributed by atoms with Gasteiger partial charge < -0.3 is 15.0 Å². The molecule has 5 nitrogen and oxygen atoms in total. The van der Waals surface area contributed by atoms with Crippen molar-refractivity contribution in [2.24, 2.45) is 11.8 Å². The lowest BCUT2D eigenvalue weighted by Crippen LogP contribution is -2.52. The molecular weight excluding hydrogens is 388 g/mol. The number of alkyl halides is 2. The first kappa shape index (κ1) is 20.8. The van der Waals surface area contributed by atoms with E-state index in [0.717, 1.165) is 24.0 Å². The summed E-state index contributed by atoms with van der Waals surface area (Å²) >= 11 is 0. The van der Waals surface area contributed by atoms with Crippen LogP contribution in [0.4, 0.5) is 19.3 Å². The topological polar surface area (TPSA) is 54.5 Å². The van der Waals surface area contributed by atoms with Crippen LogP contribution in [0.15, 0.2) is 30.5 Å². The van der Waals surface area contributed by atoms with Crippen LogP contribution in [0.5, 0.6) is 0 Å². The molecule has 1 aromatic heterocycles. The number of anilines is 1. The van der Waals surface area contributed by atoms with Gasteiger partial charge in [0.05, 0.1) is 11.6 Å². The fourth-order valence-corrected chi connectivity index (χ4v) is 4.45. The Bertz CT molecular complexity index is 924. The smallest absolute Gasteiger partial charge is 0.407 e. The Balaban J connectivity index is 1.61.